The summed E-state index contributed by atoms with van der Waals surface area (Å²) in [7, 11) is 0. The standard InChI is InChI=1S/C16H22Cl3N3OS/c1-3-4-5-9-13(23)21-14(16(17,18)19)22-15(24)20-12-8-6-7-11(2)10-12/h6-8,10,14H,3-5,9H2,1-2H3,(H,21,23)(H2,20,22,24). The van der Waals surface area contributed by atoms with Gasteiger partial charge in [0.2, 0.25) is 9.70 Å². The van der Waals surface area contributed by atoms with E-state index in [0.29, 0.717) is 6.42 Å². The lowest BCUT2D eigenvalue weighted by molar-refractivity contribution is -0.122. The highest BCUT2D eigenvalue weighted by molar-refractivity contribution is 7.80. The molecule has 4 nitrogen and oxygen atoms in total. The lowest BCUT2D eigenvalue weighted by atomic mass is 10.2. The summed E-state index contributed by atoms with van der Waals surface area (Å²) in [6.45, 7) is 4.04. The van der Waals surface area contributed by atoms with E-state index in [4.69, 9.17) is 47.0 Å². The number of rotatable bonds is 7. The molecule has 1 aromatic carbocycles. The number of carbonyl (C=O) groups excluding carboxylic acids is 1. The van der Waals surface area contributed by atoms with Crippen molar-refractivity contribution < 1.29 is 4.79 Å². The Morgan fingerprint density at radius 2 is 1.96 bits per heavy atom. The molecule has 0 radical (unpaired) electrons. The molecular formula is C16H22Cl3N3OS. The number of amides is 1. The third kappa shape index (κ3) is 8.38. The number of unbranched alkanes of at least 4 members (excludes halogenated alkanes) is 2. The average molecular weight is 411 g/mol. The van der Waals surface area contributed by atoms with Gasteiger partial charge in [-0.1, -0.05) is 66.7 Å². The van der Waals surface area contributed by atoms with Gasteiger partial charge in [-0.2, -0.15) is 0 Å². The fraction of sp³-hybridized carbons (Fsp3) is 0.500. The molecule has 0 saturated carbocycles. The summed E-state index contributed by atoms with van der Waals surface area (Å²) in [5, 5.41) is 8.77. The lowest BCUT2D eigenvalue weighted by Crippen LogP contribution is -2.56. The van der Waals surface area contributed by atoms with E-state index in [1.807, 2.05) is 31.2 Å². The highest BCUT2D eigenvalue weighted by Gasteiger charge is 2.34. The van der Waals surface area contributed by atoms with Crippen LogP contribution < -0.4 is 16.0 Å². The van der Waals surface area contributed by atoms with Crippen molar-refractivity contribution in [2.75, 3.05) is 5.32 Å². The number of benzene rings is 1. The largest absolute Gasteiger partial charge is 0.339 e. The second kappa shape index (κ2) is 10.3. The second-order valence-electron chi connectivity index (χ2n) is 5.47. The predicted octanol–water partition coefficient (Wildman–Crippen LogP) is 4.67. The molecule has 134 valence electrons. The molecule has 0 bridgehead atoms. The fourth-order valence-corrected chi connectivity index (χ4v) is 2.55. The van der Waals surface area contributed by atoms with Crippen LogP contribution in [-0.2, 0) is 4.79 Å². The summed E-state index contributed by atoms with van der Waals surface area (Å²) in [5.74, 6) is -0.189. The predicted molar refractivity (Wildman–Crippen MR) is 107 cm³/mol. The number of halogens is 3. The van der Waals surface area contributed by atoms with Gasteiger partial charge in [-0.15, -0.1) is 0 Å². The van der Waals surface area contributed by atoms with E-state index in [-0.39, 0.29) is 11.0 Å². The first-order valence-electron chi connectivity index (χ1n) is 7.72. The Labute approximate surface area is 163 Å². The molecule has 1 amide bonds. The topological polar surface area (TPSA) is 53.2 Å². The Balaban J connectivity index is 2.62. The van der Waals surface area contributed by atoms with Gasteiger partial charge in [-0.05, 0) is 43.3 Å². The van der Waals surface area contributed by atoms with Crippen molar-refractivity contribution in [2.24, 2.45) is 0 Å². The monoisotopic (exact) mass is 409 g/mol. The molecule has 0 heterocycles. The SMILES string of the molecule is CCCCCC(=O)NC(NC(=S)Nc1cccc(C)c1)C(Cl)(Cl)Cl. The molecule has 0 aliphatic rings. The molecule has 0 spiro atoms. The van der Waals surface area contributed by atoms with Crippen LogP contribution in [0, 0.1) is 6.92 Å². The number of nitrogens with one attached hydrogen (secondary N) is 3. The molecular weight excluding hydrogens is 389 g/mol. The summed E-state index contributed by atoms with van der Waals surface area (Å²) in [4.78, 5) is 12.0. The van der Waals surface area contributed by atoms with Crippen LogP contribution in [0.1, 0.15) is 38.2 Å². The Bertz CT molecular complexity index is 564. The van der Waals surface area contributed by atoms with Gasteiger partial charge in [-0.25, -0.2) is 0 Å². The van der Waals surface area contributed by atoms with Gasteiger partial charge >= 0.3 is 0 Å². The number of aryl methyl sites for hydroxylation is 1. The Morgan fingerprint density at radius 1 is 1.25 bits per heavy atom. The van der Waals surface area contributed by atoms with Crippen molar-refractivity contribution in [3.8, 4) is 0 Å². The molecule has 24 heavy (non-hydrogen) atoms. The molecule has 1 aromatic rings. The number of anilines is 1. The molecule has 0 aliphatic carbocycles. The van der Waals surface area contributed by atoms with Crippen molar-refractivity contribution in [1.82, 2.24) is 10.6 Å². The zero-order chi connectivity index (χ0) is 18.2. The van der Waals surface area contributed by atoms with Crippen LogP contribution in [0.3, 0.4) is 0 Å². The second-order valence-corrected chi connectivity index (χ2v) is 8.24. The lowest BCUT2D eigenvalue weighted by Gasteiger charge is -2.27. The van der Waals surface area contributed by atoms with E-state index in [1.54, 1.807) is 0 Å². The van der Waals surface area contributed by atoms with Gasteiger partial charge in [0, 0.05) is 12.1 Å². The summed E-state index contributed by atoms with van der Waals surface area (Å²) >= 11 is 23.1. The number of thiocarbonyl (C=S) groups is 1. The Hall–Kier alpha value is -0.750. The van der Waals surface area contributed by atoms with E-state index < -0.39 is 9.96 Å². The third-order valence-electron chi connectivity index (χ3n) is 3.19. The van der Waals surface area contributed by atoms with Gasteiger partial charge in [0.15, 0.2) is 5.11 Å². The molecule has 1 atom stereocenters. The van der Waals surface area contributed by atoms with Crippen LogP contribution in [-0.4, -0.2) is 21.0 Å². The smallest absolute Gasteiger partial charge is 0.228 e. The minimum absolute atomic E-state index is 0.189. The summed E-state index contributed by atoms with van der Waals surface area (Å²) in [6.07, 6.45) is 2.25. The van der Waals surface area contributed by atoms with Crippen LogP contribution in [0.15, 0.2) is 24.3 Å². The normalized spacial score (nSPS) is 12.4. The molecule has 0 aromatic heterocycles. The van der Waals surface area contributed by atoms with E-state index in [2.05, 4.69) is 22.9 Å². The third-order valence-corrected chi connectivity index (χ3v) is 4.07. The van der Waals surface area contributed by atoms with Crippen LogP contribution >= 0.6 is 47.0 Å². The number of hydrogen-bond donors (Lipinski definition) is 3. The Kier molecular flexibility index (Phi) is 9.13. The van der Waals surface area contributed by atoms with Crippen molar-refractivity contribution in [2.45, 2.75) is 49.5 Å². The van der Waals surface area contributed by atoms with Crippen LogP contribution in [0.2, 0.25) is 0 Å². The molecule has 1 unspecified atom stereocenters. The maximum Gasteiger partial charge on any atom is 0.228 e. The van der Waals surface area contributed by atoms with E-state index in [1.165, 1.54) is 0 Å². The van der Waals surface area contributed by atoms with Crippen LogP contribution in [0.4, 0.5) is 5.69 Å². The van der Waals surface area contributed by atoms with Gasteiger partial charge in [0.1, 0.15) is 6.17 Å². The first-order valence-corrected chi connectivity index (χ1v) is 9.27. The minimum Gasteiger partial charge on any atom is -0.339 e. The zero-order valence-corrected chi connectivity index (χ0v) is 16.7. The van der Waals surface area contributed by atoms with Crippen LogP contribution in [0.25, 0.3) is 0 Å². The first kappa shape index (κ1) is 21.3. The fourth-order valence-electron chi connectivity index (χ4n) is 1.99. The zero-order valence-electron chi connectivity index (χ0n) is 13.7. The highest BCUT2D eigenvalue weighted by Crippen LogP contribution is 2.29. The van der Waals surface area contributed by atoms with Gasteiger partial charge in [-0.3, -0.25) is 4.79 Å². The van der Waals surface area contributed by atoms with Crippen molar-refractivity contribution in [3.05, 3.63) is 29.8 Å². The van der Waals surface area contributed by atoms with E-state index >= 15 is 0 Å². The number of hydrogen-bond acceptors (Lipinski definition) is 2. The summed E-state index contributed by atoms with van der Waals surface area (Å²) in [6, 6.07) is 7.68. The van der Waals surface area contributed by atoms with Crippen LogP contribution in [0.5, 0.6) is 0 Å². The summed E-state index contributed by atoms with van der Waals surface area (Å²) < 4.78 is -1.74. The van der Waals surface area contributed by atoms with Gasteiger partial charge in [0.05, 0.1) is 0 Å². The van der Waals surface area contributed by atoms with Crippen molar-refractivity contribution in [1.29, 1.82) is 0 Å². The molecule has 0 saturated heterocycles. The molecule has 3 N–H and O–H groups in total. The molecule has 8 heteroatoms. The average Bonchev–Trinajstić information content (AvgIpc) is 2.45. The maximum absolute atomic E-state index is 12.0. The first-order chi connectivity index (χ1) is 11.2. The van der Waals surface area contributed by atoms with Crippen molar-refractivity contribution in [3.63, 3.8) is 0 Å². The number of carbonyl (C=O) groups is 1. The highest BCUT2D eigenvalue weighted by atomic mass is 35.6. The van der Waals surface area contributed by atoms with Gasteiger partial charge < -0.3 is 16.0 Å². The summed E-state index contributed by atoms with van der Waals surface area (Å²) in [5.41, 5.74) is 1.90. The molecule has 0 fully saturated rings. The van der Waals surface area contributed by atoms with E-state index in [9.17, 15) is 4.79 Å². The van der Waals surface area contributed by atoms with E-state index in [0.717, 1.165) is 30.5 Å². The Morgan fingerprint density at radius 3 is 2.54 bits per heavy atom. The molecule has 0 aliphatic heterocycles. The van der Waals surface area contributed by atoms with Crippen molar-refractivity contribution >= 4 is 63.7 Å². The quantitative estimate of drug-likeness (QED) is 0.264. The maximum atomic E-state index is 12.0. The van der Waals surface area contributed by atoms with Gasteiger partial charge in [0.25, 0.3) is 0 Å². The number of alkyl halides is 3. The minimum atomic E-state index is -1.74. The molecule has 1 rings (SSSR count).